The summed E-state index contributed by atoms with van der Waals surface area (Å²) < 4.78 is 6.59. The number of anilines is 1. The van der Waals surface area contributed by atoms with Crippen LogP contribution in [-0.2, 0) is 0 Å². The van der Waals surface area contributed by atoms with Gasteiger partial charge in [0.25, 0.3) is 11.8 Å². The number of nitrogens with one attached hydrogen (secondary N) is 1. The SMILES string of the molecule is CCOc1ccc(C(=O)Nc2ccc3sc(C(=O)N4CCCCC4)cc3c2)cc1C. The molecule has 0 atom stereocenters. The van der Waals surface area contributed by atoms with E-state index in [0.29, 0.717) is 17.9 Å². The summed E-state index contributed by atoms with van der Waals surface area (Å²) in [5.41, 5.74) is 2.23. The molecule has 1 aromatic heterocycles. The average Bonchev–Trinajstić information content (AvgIpc) is 3.18. The molecule has 0 aliphatic carbocycles. The first-order valence-corrected chi connectivity index (χ1v) is 11.2. The second-order valence-corrected chi connectivity index (χ2v) is 8.67. The van der Waals surface area contributed by atoms with E-state index in [0.717, 1.165) is 52.2 Å². The zero-order chi connectivity index (χ0) is 21.1. The van der Waals surface area contributed by atoms with Gasteiger partial charge in [0.15, 0.2) is 0 Å². The lowest BCUT2D eigenvalue weighted by molar-refractivity contribution is 0.0729. The van der Waals surface area contributed by atoms with E-state index in [1.54, 1.807) is 6.07 Å². The lowest BCUT2D eigenvalue weighted by atomic mass is 10.1. The van der Waals surface area contributed by atoms with E-state index >= 15 is 0 Å². The van der Waals surface area contributed by atoms with Crippen molar-refractivity contribution in [2.75, 3.05) is 25.0 Å². The first kappa shape index (κ1) is 20.4. The Balaban J connectivity index is 1.50. The van der Waals surface area contributed by atoms with Gasteiger partial charge in [0.2, 0.25) is 0 Å². The molecule has 30 heavy (non-hydrogen) atoms. The molecule has 3 aromatic rings. The van der Waals surface area contributed by atoms with Gasteiger partial charge in [0.05, 0.1) is 11.5 Å². The van der Waals surface area contributed by atoms with Gasteiger partial charge >= 0.3 is 0 Å². The van der Waals surface area contributed by atoms with Gasteiger partial charge in [-0.25, -0.2) is 0 Å². The first-order chi connectivity index (χ1) is 14.5. The molecule has 2 aromatic carbocycles. The number of aryl methyl sites for hydroxylation is 1. The minimum Gasteiger partial charge on any atom is -0.494 e. The van der Waals surface area contributed by atoms with E-state index in [-0.39, 0.29) is 11.8 Å². The maximum absolute atomic E-state index is 12.8. The molecule has 5 nitrogen and oxygen atoms in total. The summed E-state index contributed by atoms with van der Waals surface area (Å²) in [6.45, 7) is 6.15. The monoisotopic (exact) mass is 422 g/mol. The predicted molar refractivity (Wildman–Crippen MR) is 122 cm³/mol. The number of piperidine rings is 1. The molecule has 0 spiro atoms. The van der Waals surface area contributed by atoms with Crippen LogP contribution in [0.3, 0.4) is 0 Å². The van der Waals surface area contributed by atoms with Crippen LogP contribution in [0.5, 0.6) is 5.75 Å². The van der Waals surface area contributed by atoms with Crippen molar-refractivity contribution in [3.05, 3.63) is 58.5 Å². The summed E-state index contributed by atoms with van der Waals surface area (Å²) in [6.07, 6.45) is 3.36. The lowest BCUT2D eigenvalue weighted by Crippen LogP contribution is -2.35. The largest absolute Gasteiger partial charge is 0.494 e. The Morgan fingerprint density at radius 3 is 2.60 bits per heavy atom. The minimum atomic E-state index is -0.166. The Bertz CT molecular complexity index is 1080. The molecule has 1 N–H and O–H groups in total. The molecule has 2 amide bonds. The third kappa shape index (κ3) is 4.33. The molecule has 156 valence electrons. The fourth-order valence-corrected chi connectivity index (χ4v) is 4.80. The average molecular weight is 423 g/mol. The summed E-state index contributed by atoms with van der Waals surface area (Å²) in [4.78, 5) is 28.2. The van der Waals surface area contributed by atoms with Crippen molar-refractivity contribution in [2.45, 2.75) is 33.1 Å². The van der Waals surface area contributed by atoms with Gasteiger partial charge in [-0.1, -0.05) is 0 Å². The fourth-order valence-electron chi connectivity index (χ4n) is 3.79. The number of fused-ring (bicyclic) bond motifs is 1. The Kier molecular flexibility index (Phi) is 6.04. The van der Waals surface area contributed by atoms with E-state index in [2.05, 4.69) is 5.32 Å². The van der Waals surface area contributed by atoms with Crippen LogP contribution < -0.4 is 10.1 Å². The molecule has 0 saturated carbocycles. The summed E-state index contributed by atoms with van der Waals surface area (Å²) in [7, 11) is 0. The summed E-state index contributed by atoms with van der Waals surface area (Å²) in [5, 5.41) is 3.93. The number of benzene rings is 2. The van der Waals surface area contributed by atoms with Crippen molar-refractivity contribution < 1.29 is 14.3 Å². The number of rotatable bonds is 5. The van der Waals surface area contributed by atoms with Crippen LogP contribution in [0.25, 0.3) is 10.1 Å². The molecule has 2 heterocycles. The smallest absolute Gasteiger partial charge is 0.263 e. The second-order valence-electron chi connectivity index (χ2n) is 7.58. The van der Waals surface area contributed by atoms with Crippen LogP contribution in [0.4, 0.5) is 5.69 Å². The van der Waals surface area contributed by atoms with Gasteiger partial charge in [0.1, 0.15) is 5.75 Å². The van der Waals surface area contributed by atoms with Gasteiger partial charge < -0.3 is 15.0 Å². The van der Waals surface area contributed by atoms with Crippen molar-refractivity contribution in [3.8, 4) is 5.75 Å². The Hall–Kier alpha value is -2.86. The number of hydrogen-bond donors (Lipinski definition) is 1. The molecule has 1 fully saturated rings. The van der Waals surface area contributed by atoms with Crippen LogP contribution in [-0.4, -0.2) is 36.4 Å². The van der Waals surface area contributed by atoms with E-state index in [1.165, 1.54) is 17.8 Å². The summed E-state index contributed by atoms with van der Waals surface area (Å²) in [5.74, 6) is 0.742. The topological polar surface area (TPSA) is 58.6 Å². The van der Waals surface area contributed by atoms with Crippen molar-refractivity contribution in [1.82, 2.24) is 4.90 Å². The lowest BCUT2D eigenvalue weighted by Gasteiger charge is -2.26. The predicted octanol–water partition coefficient (Wildman–Crippen LogP) is 5.49. The molecule has 1 saturated heterocycles. The fraction of sp³-hybridized carbons (Fsp3) is 0.333. The van der Waals surface area contributed by atoms with Gasteiger partial charge in [-0.05, 0) is 86.5 Å². The van der Waals surface area contributed by atoms with E-state index in [9.17, 15) is 9.59 Å². The Labute approximate surface area is 180 Å². The van der Waals surface area contributed by atoms with Crippen molar-refractivity contribution in [1.29, 1.82) is 0 Å². The third-order valence-corrected chi connectivity index (χ3v) is 6.47. The van der Waals surface area contributed by atoms with E-state index in [1.807, 2.05) is 55.1 Å². The highest BCUT2D eigenvalue weighted by atomic mass is 32.1. The zero-order valence-electron chi connectivity index (χ0n) is 17.4. The maximum Gasteiger partial charge on any atom is 0.263 e. The van der Waals surface area contributed by atoms with Crippen LogP contribution >= 0.6 is 11.3 Å². The first-order valence-electron chi connectivity index (χ1n) is 10.4. The maximum atomic E-state index is 12.8. The molecule has 1 aliphatic rings. The molecule has 0 unspecified atom stereocenters. The zero-order valence-corrected chi connectivity index (χ0v) is 18.2. The van der Waals surface area contributed by atoms with Gasteiger partial charge in [-0.15, -0.1) is 11.3 Å². The Morgan fingerprint density at radius 2 is 1.87 bits per heavy atom. The van der Waals surface area contributed by atoms with Crippen LogP contribution in [0, 0.1) is 6.92 Å². The normalized spacial score (nSPS) is 14.0. The minimum absolute atomic E-state index is 0.117. The number of likely N-dealkylation sites (tertiary alicyclic amines) is 1. The molecule has 0 bridgehead atoms. The Morgan fingerprint density at radius 1 is 1.07 bits per heavy atom. The molecule has 4 rings (SSSR count). The molecular weight excluding hydrogens is 396 g/mol. The number of amides is 2. The number of carbonyl (C=O) groups is 2. The van der Waals surface area contributed by atoms with Gasteiger partial charge in [-0.3, -0.25) is 9.59 Å². The van der Waals surface area contributed by atoms with Crippen LogP contribution in [0.2, 0.25) is 0 Å². The van der Waals surface area contributed by atoms with Crippen molar-refractivity contribution >= 4 is 38.9 Å². The second kappa shape index (κ2) is 8.88. The van der Waals surface area contributed by atoms with Crippen molar-refractivity contribution in [2.24, 2.45) is 0 Å². The van der Waals surface area contributed by atoms with E-state index in [4.69, 9.17) is 4.74 Å². The van der Waals surface area contributed by atoms with Crippen molar-refractivity contribution in [3.63, 3.8) is 0 Å². The number of ether oxygens (including phenoxy) is 1. The van der Waals surface area contributed by atoms with Gasteiger partial charge in [0, 0.05) is 29.0 Å². The molecule has 0 radical (unpaired) electrons. The molecule has 1 aliphatic heterocycles. The molecule has 6 heteroatoms. The summed E-state index contributed by atoms with van der Waals surface area (Å²) >= 11 is 1.51. The third-order valence-electron chi connectivity index (χ3n) is 5.37. The van der Waals surface area contributed by atoms with Gasteiger partial charge in [-0.2, -0.15) is 0 Å². The highest BCUT2D eigenvalue weighted by molar-refractivity contribution is 7.20. The van der Waals surface area contributed by atoms with E-state index < -0.39 is 0 Å². The van der Waals surface area contributed by atoms with Crippen LogP contribution in [0.15, 0.2) is 42.5 Å². The number of hydrogen-bond acceptors (Lipinski definition) is 4. The van der Waals surface area contributed by atoms with Crippen LogP contribution in [0.1, 0.15) is 51.8 Å². The number of nitrogens with zero attached hydrogens (tertiary/aromatic N) is 1. The standard InChI is InChI=1S/C24H26N2O3S/c1-3-29-20-9-7-17(13-16(20)2)23(27)25-19-8-10-21-18(14-19)15-22(30-21)24(28)26-11-5-4-6-12-26/h7-10,13-15H,3-6,11-12H2,1-2H3,(H,25,27). The highest BCUT2D eigenvalue weighted by Crippen LogP contribution is 2.30. The highest BCUT2D eigenvalue weighted by Gasteiger charge is 2.20. The quantitative estimate of drug-likeness (QED) is 0.592. The number of thiophene rings is 1. The summed E-state index contributed by atoms with van der Waals surface area (Å²) in [6, 6.07) is 13.1. The number of carbonyl (C=O) groups excluding carboxylic acids is 2. The molecular formula is C24H26N2O3S.